The highest BCUT2D eigenvalue weighted by atomic mass is 32.2. The van der Waals surface area contributed by atoms with Gasteiger partial charge in [-0.15, -0.1) is 34.4 Å². The van der Waals surface area contributed by atoms with Gasteiger partial charge in [-0.25, -0.2) is 4.98 Å². The van der Waals surface area contributed by atoms with Crippen molar-refractivity contribution in [2.24, 2.45) is 0 Å². The number of thioether (sulfide) groups is 1. The summed E-state index contributed by atoms with van der Waals surface area (Å²) in [7, 11) is 0. The molecule has 4 aromatic heterocycles. The number of aromatic nitrogens is 2. The molecule has 0 saturated heterocycles. The molecule has 0 spiro atoms. The molecular weight excluding hydrogens is 414 g/mol. The van der Waals surface area contributed by atoms with Crippen LogP contribution >= 0.6 is 34.4 Å². The van der Waals surface area contributed by atoms with Crippen LogP contribution in [0, 0.1) is 0 Å². The summed E-state index contributed by atoms with van der Waals surface area (Å²) in [5, 5.41) is 7.19. The summed E-state index contributed by atoms with van der Waals surface area (Å²) in [5.41, 5.74) is 0.556. The molecule has 1 unspecified atom stereocenters. The van der Waals surface area contributed by atoms with E-state index in [1.54, 1.807) is 23.7 Å². The number of carbonyl (C=O) groups excluding carboxylic acids is 1. The van der Waals surface area contributed by atoms with Crippen LogP contribution in [0.3, 0.4) is 0 Å². The Labute approximate surface area is 173 Å². The predicted molar refractivity (Wildman–Crippen MR) is 115 cm³/mol. The largest absolute Gasteiger partial charge is 0.464 e. The molecular formula is C19H17N3O3S3. The first kappa shape index (κ1) is 19.0. The fourth-order valence-corrected chi connectivity index (χ4v) is 5.05. The number of thiophene rings is 2. The Hall–Kier alpha value is -2.36. The molecule has 0 aliphatic rings. The molecule has 144 valence electrons. The summed E-state index contributed by atoms with van der Waals surface area (Å²) < 4.78 is 5.41. The Kier molecular flexibility index (Phi) is 5.65. The number of amides is 1. The van der Waals surface area contributed by atoms with Gasteiger partial charge in [0.1, 0.15) is 16.4 Å². The normalized spacial score (nSPS) is 12.3. The molecule has 2 N–H and O–H groups in total. The van der Waals surface area contributed by atoms with Crippen molar-refractivity contribution in [3.63, 3.8) is 0 Å². The van der Waals surface area contributed by atoms with Crippen molar-refractivity contribution in [1.82, 2.24) is 15.3 Å². The van der Waals surface area contributed by atoms with Crippen LogP contribution in [0.2, 0.25) is 0 Å². The van der Waals surface area contributed by atoms with Crippen LogP contribution in [0.5, 0.6) is 0 Å². The molecule has 0 aliphatic carbocycles. The number of rotatable bonds is 7. The lowest BCUT2D eigenvalue weighted by Crippen LogP contribution is -2.24. The average molecular weight is 432 g/mol. The molecule has 1 atom stereocenters. The summed E-state index contributed by atoms with van der Waals surface area (Å²) in [6, 6.07) is 7.56. The molecule has 28 heavy (non-hydrogen) atoms. The monoisotopic (exact) mass is 431 g/mol. The Morgan fingerprint density at radius 2 is 2.25 bits per heavy atom. The maximum atomic E-state index is 12.6. The van der Waals surface area contributed by atoms with Crippen LogP contribution in [0.1, 0.15) is 22.9 Å². The lowest BCUT2D eigenvalue weighted by molar-refractivity contribution is -0.118. The number of carbonyl (C=O) groups is 1. The summed E-state index contributed by atoms with van der Waals surface area (Å²) in [4.78, 5) is 33.9. The molecule has 0 bridgehead atoms. The van der Waals surface area contributed by atoms with Gasteiger partial charge in [-0.1, -0.05) is 6.07 Å². The second-order valence-electron chi connectivity index (χ2n) is 6.07. The summed E-state index contributed by atoms with van der Waals surface area (Å²) in [5.74, 6) is 1.48. The standard InChI is InChI=1S/C19H17N3O3S3/c1-11(27-10-15(23)20-8-12-4-3-7-26-12)17-21-18(24)16-13(9-28-19(16)22-17)14-5-2-6-25-14/h2-7,9,11H,8,10H2,1H3,(H,20,23)(H,21,22,24). The lowest BCUT2D eigenvalue weighted by Gasteiger charge is -2.10. The second-order valence-corrected chi connectivity index (χ2v) is 9.29. The van der Waals surface area contributed by atoms with E-state index >= 15 is 0 Å². The molecule has 0 radical (unpaired) electrons. The fourth-order valence-electron chi connectivity index (χ4n) is 2.70. The van der Waals surface area contributed by atoms with E-state index in [1.165, 1.54) is 23.1 Å². The van der Waals surface area contributed by atoms with Crippen LogP contribution < -0.4 is 10.9 Å². The minimum atomic E-state index is -0.192. The number of nitrogens with one attached hydrogen (secondary N) is 2. The second kappa shape index (κ2) is 8.34. The van der Waals surface area contributed by atoms with Gasteiger partial charge in [-0.3, -0.25) is 9.59 Å². The van der Waals surface area contributed by atoms with Crippen LogP contribution in [-0.4, -0.2) is 21.6 Å². The van der Waals surface area contributed by atoms with E-state index in [-0.39, 0.29) is 16.7 Å². The minimum Gasteiger partial charge on any atom is -0.464 e. The van der Waals surface area contributed by atoms with Crippen molar-refractivity contribution in [3.05, 3.63) is 62.3 Å². The number of furan rings is 1. The van der Waals surface area contributed by atoms with Gasteiger partial charge in [-0.2, -0.15) is 0 Å². The van der Waals surface area contributed by atoms with Gasteiger partial charge >= 0.3 is 0 Å². The Bertz CT molecular complexity index is 1130. The van der Waals surface area contributed by atoms with E-state index in [2.05, 4.69) is 15.3 Å². The third-order valence-electron chi connectivity index (χ3n) is 4.14. The first-order valence-electron chi connectivity index (χ1n) is 8.58. The number of hydrogen-bond donors (Lipinski definition) is 2. The summed E-state index contributed by atoms with van der Waals surface area (Å²) in [6.45, 7) is 2.47. The minimum absolute atomic E-state index is 0.0371. The summed E-state index contributed by atoms with van der Waals surface area (Å²) in [6.07, 6.45) is 1.58. The Morgan fingerprint density at radius 1 is 1.36 bits per heavy atom. The number of aromatic amines is 1. The first-order valence-corrected chi connectivity index (χ1v) is 11.4. The molecule has 9 heteroatoms. The van der Waals surface area contributed by atoms with Crippen molar-refractivity contribution in [1.29, 1.82) is 0 Å². The fraction of sp³-hybridized carbons (Fsp3) is 0.211. The number of fused-ring (bicyclic) bond motifs is 1. The molecule has 4 heterocycles. The average Bonchev–Trinajstić information content (AvgIpc) is 3.45. The quantitative estimate of drug-likeness (QED) is 0.452. The Balaban J connectivity index is 1.43. The van der Waals surface area contributed by atoms with Crippen LogP contribution in [0.25, 0.3) is 21.5 Å². The highest BCUT2D eigenvalue weighted by molar-refractivity contribution is 8.00. The van der Waals surface area contributed by atoms with Gasteiger partial charge in [0.05, 0.1) is 29.2 Å². The van der Waals surface area contributed by atoms with Gasteiger partial charge in [0.15, 0.2) is 0 Å². The molecule has 0 aliphatic heterocycles. The Morgan fingerprint density at radius 3 is 3.00 bits per heavy atom. The molecule has 0 saturated carbocycles. The van der Waals surface area contributed by atoms with E-state index in [0.717, 1.165) is 10.4 Å². The molecule has 4 aromatic rings. The van der Waals surface area contributed by atoms with Gasteiger partial charge in [0.25, 0.3) is 5.56 Å². The van der Waals surface area contributed by atoms with E-state index in [4.69, 9.17) is 4.42 Å². The van der Waals surface area contributed by atoms with Crippen molar-refractivity contribution < 1.29 is 9.21 Å². The number of H-pyrrole nitrogens is 1. The highest BCUT2D eigenvalue weighted by Crippen LogP contribution is 2.32. The third-order valence-corrected chi connectivity index (χ3v) is 7.04. The topological polar surface area (TPSA) is 88.0 Å². The highest BCUT2D eigenvalue weighted by Gasteiger charge is 2.18. The van der Waals surface area contributed by atoms with Gasteiger partial charge < -0.3 is 14.7 Å². The van der Waals surface area contributed by atoms with Gasteiger partial charge in [-0.05, 0) is 30.5 Å². The molecule has 1 amide bonds. The zero-order valence-corrected chi connectivity index (χ0v) is 17.4. The molecule has 4 rings (SSSR count). The SMILES string of the molecule is CC(SCC(=O)NCc1cccs1)c1nc2scc(-c3ccco3)c2c(=O)[nH]1. The zero-order valence-electron chi connectivity index (χ0n) is 14.9. The van der Waals surface area contributed by atoms with E-state index in [0.29, 0.717) is 34.1 Å². The maximum Gasteiger partial charge on any atom is 0.260 e. The predicted octanol–water partition coefficient (Wildman–Crippen LogP) is 4.42. The van der Waals surface area contributed by atoms with E-state index in [1.807, 2.05) is 35.9 Å². The van der Waals surface area contributed by atoms with Crippen molar-refractivity contribution in [3.8, 4) is 11.3 Å². The van der Waals surface area contributed by atoms with Crippen LogP contribution in [0.15, 0.2) is 50.5 Å². The number of hydrogen-bond acceptors (Lipinski definition) is 7. The molecule has 0 fully saturated rings. The molecule has 6 nitrogen and oxygen atoms in total. The summed E-state index contributed by atoms with van der Waals surface area (Å²) >= 11 is 4.46. The lowest BCUT2D eigenvalue weighted by atomic mass is 10.2. The van der Waals surface area contributed by atoms with Gasteiger partial charge in [0.2, 0.25) is 5.91 Å². The zero-order chi connectivity index (χ0) is 19.5. The number of nitrogens with zero attached hydrogens (tertiary/aromatic N) is 1. The van der Waals surface area contributed by atoms with Crippen LogP contribution in [-0.2, 0) is 11.3 Å². The van der Waals surface area contributed by atoms with Crippen molar-refractivity contribution in [2.45, 2.75) is 18.7 Å². The van der Waals surface area contributed by atoms with E-state index in [9.17, 15) is 9.59 Å². The third kappa shape index (κ3) is 4.06. The van der Waals surface area contributed by atoms with Gasteiger partial charge in [0, 0.05) is 15.8 Å². The van der Waals surface area contributed by atoms with E-state index < -0.39 is 0 Å². The molecule has 0 aromatic carbocycles. The maximum absolute atomic E-state index is 12.6. The van der Waals surface area contributed by atoms with Crippen molar-refractivity contribution in [2.75, 3.05) is 5.75 Å². The van der Waals surface area contributed by atoms with Crippen molar-refractivity contribution >= 4 is 50.6 Å². The van der Waals surface area contributed by atoms with Crippen LogP contribution in [0.4, 0.5) is 0 Å². The first-order chi connectivity index (χ1) is 13.6. The smallest absolute Gasteiger partial charge is 0.260 e.